The summed E-state index contributed by atoms with van der Waals surface area (Å²) in [5.41, 5.74) is -0.728. The summed E-state index contributed by atoms with van der Waals surface area (Å²) in [6, 6.07) is 7.43. The van der Waals surface area contributed by atoms with Gasteiger partial charge in [-0.3, -0.25) is 4.79 Å². The Balaban J connectivity index is 1.56. The lowest BCUT2D eigenvalue weighted by Gasteiger charge is -2.39. The summed E-state index contributed by atoms with van der Waals surface area (Å²) < 4.78 is 58.8. The molecule has 2 aromatic heterocycles. The Bertz CT molecular complexity index is 1120. The standard InChI is InChI=1S/C23H20F4N4O2/c1-14-18(33-19-9-8-15(13-30-19)23(25,26)27)7-3-12-31(14)22(32)16-5-2-6-17(24)20(16)21-28-10-4-11-29-21/h2,4-6,8-11,13-14,18H,3,7,12H2,1H3/t14-,18+/m0/s1. The van der Waals surface area contributed by atoms with Crippen LogP contribution in [0.2, 0.25) is 0 Å². The van der Waals surface area contributed by atoms with Gasteiger partial charge >= 0.3 is 6.18 Å². The van der Waals surface area contributed by atoms with Crippen LogP contribution in [0.4, 0.5) is 17.6 Å². The third-order valence-electron chi connectivity index (χ3n) is 5.55. The van der Waals surface area contributed by atoms with Gasteiger partial charge in [-0.15, -0.1) is 0 Å². The fourth-order valence-corrected chi connectivity index (χ4v) is 3.84. The van der Waals surface area contributed by atoms with E-state index < -0.39 is 35.6 Å². The molecule has 1 aromatic carbocycles. The van der Waals surface area contributed by atoms with Crippen molar-refractivity contribution in [1.29, 1.82) is 0 Å². The Labute approximate surface area is 187 Å². The number of halogens is 4. The quantitative estimate of drug-likeness (QED) is 0.525. The van der Waals surface area contributed by atoms with Crippen LogP contribution in [0.5, 0.6) is 5.88 Å². The summed E-state index contributed by atoms with van der Waals surface area (Å²) in [6.45, 7) is 2.20. The molecule has 0 N–H and O–H groups in total. The molecule has 1 fully saturated rings. The van der Waals surface area contributed by atoms with Gasteiger partial charge in [-0.05, 0) is 44.0 Å². The number of ether oxygens (including phenoxy) is 1. The van der Waals surface area contributed by atoms with Crippen LogP contribution in [-0.2, 0) is 6.18 Å². The summed E-state index contributed by atoms with van der Waals surface area (Å²) in [7, 11) is 0. The van der Waals surface area contributed by atoms with E-state index in [0.29, 0.717) is 25.6 Å². The molecule has 2 atom stereocenters. The minimum absolute atomic E-state index is 0.0164. The maximum absolute atomic E-state index is 14.7. The van der Waals surface area contributed by atoms with Crippen LogP contribution >= 0.6 is 0 Å². The number of benzene rings is 1. The van der Waals surface area contributed by atoms with Crippen LogP contribution in [0, 0.1) is 5.82 Å². The number of piperidine rings is 1. The predicted octanol–water partition coefficient (Wildman–Crippen LogP) is 4.77. The van der Waals surface area contributed by atoms with E-state index in [-0.39, 0.29) is 22.8 Å². The predicted molar refractivity (Wildman–Crippen MR) is 111 cm³/mol. The molecule has 6 nitrogen and oxygen atoms in total. The smallest absolute Gasteiger partial charge is 0.417 e. The molecule has 10 heteroatoms. The van der Waals surface area contributed by atoms with Gasteiger partial charge in [-0.25, -0.2) is 19.3 Å². The Morgan fingerprint density at radius 3 is 2.52 bits per heavy atom. The van der Waals surface area contributed by atoms with E-state index in [1.807, 2.05) is 0 Å². The van der Waals surface area contributed by atoms with Crippen LogP contribution in [-0.4, -0.2) is 44.4 Å². The van der Waals surface area contributed by atoms with E-state index >= 15 is 0 Å². The van der Waals surface area contributed by atoms with E-state index in [0.717, 1.165) is 12.1 Å². The van der Waals surface area contributed by atoms with Crippen molar-refractivity contribution in [2.24, 2.45) is 0 Å². The van der Waals surface area contributed by atoms with Gasteiger partial charge < -0.3 is 9.64 Å². The second-order valence-corrected chi connectivity index (χ2v) is 7.66. The van der Waals surface area contributed by atoms with E-state index in [4.69, 9.17) is 4.74 Å². The number of hydrogen-bond acceptors (Lipinski definition) is 5. The van der Waals surface area contributed by atoms with Crippen molar-refractivity contribution in [3.8, 4) is 17.3 Å². The average molecular weight is 460 g/mol. The lowest BCUT2D eigenvalue weighted by molar-refractivity contribution is -0.137. The van der Waals surface area contributed by atoms with Gasteiger partial charge in [-0.1, -0.05) is 6.07 Å². The third-order valence-corrected chi connectivity index (χ3v) is 5.55. The Kier molecular flexibility index (Phi) is 6.26. The average Bonchev–Trinajstić information content (AvgIpc) is 2.80. The Morgan fingerprint density at radius 2 is 1.85 bits per heavy atom. The van der Waals surface area contributed by atoms with Gasteiger partial charge in [-0.2, -0.15) is 13.2 Å². The van der Waals surface area contributed by atoms with Crippen molar-refractivity contribution < 1.29 is 27.1 Å². The van der Waals surface area contributed by atoms with Crippen LogP contribution in [0.25, 0.3) is 11.4 Å². The lowest BCUT2D eigenvalue weighted by atomic mass is 9.97. The van der Waals surface area contributed by atoms with Gasteiger partial charge in [0.1, 0.15) is 11.9 Å². The van der Waals surface area contributed by atoms with Gasteiger partial charge in [0.2, 0.25) is 5.88 Å². The molecule has 1 aliphatic rings. The highest BCUT2D eigenvalue weighted by Crippen LogP contribution is 2.31. The van der Waals surface area contributed by atoms with Crippen LogP contribution < -0.4 is 4.74 Å². The summed E-state index contributed by atoms with van der Waals surface area (Å²) >= 11 is 0. The molecule has 3 aromatic rings. The van der Waals surface area contributed by atoms with Crippen molar-refractivity contribution in [2.45, 2.75) is 38.1 Å². The first-order chi connectivity index (χ1) is 15.8. The lowest BCUT2D eigenvalue weighted by Crippen LogP contribution is -2.51. The first kappa shape index (κ1) is 22.6. The molecule has 0 spiro atoms. The summed E-state index contributed by atoms with van der Waals surface area (Å²) in [4.78, 5) is 26.9. The summed E-state index contributed by atoms with van der Waals surface area (Å²) in [5.74, 6) is -0.875. The Morgan fingerprint density at radius 1 is 1.09 bits per heavy atom. The van der Waals surface area contributed by atoms with Crippen molar-refractivity contribution in [3.05, 3.63) is 71.9 Å². The molecule has 0 aliphatic carbocycles. The topological polar surface area (TPSA) is 68.2 Å². The zero-order chi connectivity index (χ0) is 23.6. The highest BCUT2D eigenvalue weighted by Gasteiger charge is 2.35. The number of likely N-dealkylation sites (tertiary alicyclic amines) is 1. The zero-order valence-corrected chi connectivity index (χ0v) is 17.6. The zero-order valence-electron chi connectivity index (χ0n) is 17.6. The molecule has 0 unspecified atom stereocenters. The molecule has 172 valence electrons. The third kappa shape index (κ3) is 4.79. The van der Waals surface area contributed by atoms with Crippen molar-refractivity contribution in [2.75, 3.05) is 6.54 Å². The maximum atomic E-state index is 14.7. The number of alkyl halides is 3. The first-order valence-electron chi connectivity index (χ1n) is 10.3. The maximum Gasteiger partial charge on any atom is 0.417 e. The number of aromatic nitrogens is 3. The fourth-order valence-electron chi connectivity index (χ4n) is 3.84. The fraction of sp³-hybridized carbons (Fsp3) is 0.304. The highest BCUT2D eigenvalue weighted by atomic mass is 19.4. The SMILES string of the molecule is C[C@H]1[C@H](Oc2ccc(C(F)(F)F)cn2)CCCN1C(=O)c1cccc(F)c1-c1ncccn1. The van der Waals surface area contributed by atoms with Gasteiger partial charge in [0.05, 0.1) is 22.7 Å². The minimum Gasteiger partial charge on any atom is -0.472 e. The molecule has 1 saturated heterocycles. The van der Waals surface area contributed by atoms with Gasteiger partial charge in [0.25, 0.3) is 5.91 Å². The van der Waals surface area contributed by atoms with Gasteiger partial charge in [0.15, 0.2) is 5.82 Å². The molecule has 1 aliphatic heterocycles. The molecular weight excluding hydrogens is 440 g/mol. The number of pyridine rings is 1. The van der Waals surface area contributed by atoms with Crippen LogP contribution in [0.1, 0.15) is 35.7 Å². The van der Waals surface area contributed by atoms with Crippen molar-refractivity contribution in [1.82, 2.24) is 19.9 Å². The Hall–Kier alpha value is -3.56. The van der Waals surface area contributed by atoms with Crippen LogP contribution in [0.15, 0.2) is 55.0 Å². The normalized spacial score (nSPS) is 18.8. The molecule has 3 heterocycles. The number of rotatable bonds is 4. The van der Waals surface area contributed by atoms with Gasteiger partial charge in [0, 0.05) is 31.2 Å². The number of amides is 1. The van der Waals surface area contributed by atoms with Crippen LogP contribution in [0.3, 0.4) is 0 Å². The van der Waals surface area contributed by atoms with E-state index in [1.165, 1.54) is 30.6 Å². The molecule has 4 rings (SSSR count). The number of carbonyl (C=O) groups excluding carboxylic acids is 1. The molecule has 33 heavy (non-hydrogen) atoms. The second kappa shape index (κ2) is 9.13. The number of carbonyl (C=O) groups is 1. The second-order valence-electron chi connectivity index (χ2n) is 7.66. The van der Waals surface area contributed by atoms with Crippen molar-refractivity contribution >= 4 is 5.91 Å². The molecule has 0 bridgehead atoms. The van der Waals surface area contributed by atoms with E-state index in [1.54, 1.807) is 17.9 Å². The summed E-state index contributed by atoms with van der Waals surface area (Å²) in [5, 5.41) is 0. The number of nitrogens with zero attached hydrogens (tertiary/aromatic N) is 4. The highest BCUT2D eigenvalue weighted by molar-refractivity contribution is 6.00. The molecule has 0 radical (unpaired) electrons. The number of hydrogen-bond donors (Lipinski definition) is 0. The largest absolute Gasteiger partial charge is 0.472 e. The van der Waals surface area contributed by atoms with Crippen molar-refractivity contribution in [3.63, 3.8) is 0 Å². The minimum atomic E-state index is -4.49. The first-order valence-corrected chi connectivity index (χ1v) is 10.3. The molecule has 0 saturated carbocycles. The monoisotopic (exact) mass is 460 g/mol. The molecule has 1 amide bonds. The molecular formula is C23H20F4N4O2. The summed E-state index contributed by atoms with van der Waals surface area (Å²) in [6.07, 6.45) is -0.139. The van der Waals surface area contributed by atoms with E-state index in [9.17, 15) is 22.4 Å². The van der Waals surface area contributed by atoms with E-state index in [2.05, 4.69) is 15.0 Å².